The molecule has 0 N–H and O–H groups in total. The molecule has 0 rings (SSSR count). The molecule has 0 spiro atoms. The fourth-order valence-corrected chi connectivity index (χ4v) is 0.419. The summed E-state index contributed by atoms with van der Waals surface area (Å²) in [6.45, 7) is 10.1. The minimum absolute atomic E-state index is 0.350. The Morgan fingerprint density at radius 2 is 1.85 bits per heavy atom. The summed E-state index contributed by atoms with van der Waals surface area (Å²) in [6, 6.07) is 0. The van der Waals surface area contributed by atoms with E-state index in [1.807, 2.05) is 13.8 Å². The molecule has 74 valence electrons. The second-order valence-corrected chi connectivity index (χ2v) is 2.00. The van der Waals surface area contributed by atoms with Gasteiger partial charge in [-0.3, -0.25) is 0 Å². The van der Waals surface area contributed by atoms with Gasteiger partial charge in [-0.25, -0.2) is 4.79 Å². The number of esters is 1. The summed E-state index contributed by atoms with van der Waals surface area (Å²) in [7, 11) is 0. The molecule has 0 radical (unpaired) electrons. The second kappa shape index (κ2) is 10.6. The van der Waals surface area contributed by atoms with E-state index in [2.05, 4.69) is 17.7 Å². The van der Waals surface area contributed by atoms with Gasteiger partial charge in [-0.1, -0.05) is 6.58 Å². The molecule has 0 bridgehead atoms. The lowest BCUT2D eigenvalue weighted by molar-refractivity contribution is -0.136. The fourth-order valence-electron chi connectivity index (χ4n) is 0.419. The normalized spacial score (nSPS) is 7.23. The van der Waals surface area contributed by atoms with Gasteiger partial charge in [0.05, 0.1) is 19.0 Å². The lowest BCUT2D eigenvalue weighted by Gasteiger charge is -1.95. The Hall–Kier alpha value is -1.43. The van der Waals surface area contributed by atoms with Crippen LogP contribution in [0.25, 0.3) is 0 Å². The average molecular weight is 184 g/mol. The molecule has 0 saturated heterocycles. The molecule has 0 amide bonds. The zero-order valence-corrected chi connectivity index (χ0v) is 8.42. The molecular weight excluding hydrogens is 168 g/mol. The average Bonchev–Trinajstić information content (AvgIpc) is 2.05. The van der Waals surface area contributed by atoms with E-state index >= 15 is 0 Å². The maximum absolute atomic E-state index is 9.95. The van der Waals surface area contributed by atoms with Crippen molar-refractivity contribution in [1.29, 1.82) is 0 Å². The minimum Gasteiger partial charge on any atom is -0.499 e. The number of carbonyl (C=O) groups is 1. The van der Waals surface area contributed by atoms with E-state index in [1.165, 1.54) is 0 Å². The van der Waals surface area contributed by atoms with Crippen LogP contribution < -0.4 is 0 Å². The Morgan fingerprint density at radius 3 is 1.92 bits per heavy atom. The van der Waals surface area contributed by atoms with Gasteiger partial charge in [0.1, 0.15) is 0 Å². The summed E-state index contributed by atoms with van der Waals surface area (Å²) in [4.78, 5) is 9.95. The van der Waals surface area contributed by atoms with Gasteiger partial charge in [0.2, 0.25) is 0 Å². The number of allylic oxidation sites excluding steroid dienone is 1. The predicted molar refractivity (Wildman–Crippen MR) is 51.9 cm³/mol. The highest BCUT2D eigenvalue weighted by Crippen LogP contribution is 1.85. The van der Waals surface area contributed by atoms with Crippen LogP contribution in [0.15, 0.2) is 12.3 Å². The van der Waals surface area contributed by atoms with E-state index in [0.717, 1.165) is 12.4 Å². The Balaban J connectivity index is 0. The lowest BCUT2D eigenvalue weighted by Crippen LogP contribution is -1.98. The topological polar surface area (TPSA) is 35.5 Å². The molecule has 0 atom stereocenters. The molecule has 0 saturated carbocycles. The van der Waals surface area contributed by atoms with Gasteiger partial charge in [-0.05, 0) is 20.8 Å². The molecule has 13 heavy (non-hydrogen) atoms. The monoisotopic (exact) mass is 184 g/mol. The predicted octanol–water partition coefficient (Wildman–Crippen LogP) is 1.74. The largest absolute Gasteiger partial charge is 0.499 e. The molecule has 0 fully saturated rings. The first kappa shape index (κ1) is 14.1. The third kappa shape index (κ3) is 18.0. The first-order chi connectivity index (χ1) is 6.08. The summed E-state index contributed by atoms with van der Waals surface area (Å²) in [6.07, 6.45) is 4.63. The number of rotatable bonds is 3. The van der Waals surface area contributed by atoms with Crippen molar-refractivity contribution >= 4 is 5.97 Å². The molecule has 0 aromatic heterocycles. The van der Waals surface area contributed by atoms with Crippen LogP contribution in [-0.4, -0.2) is 19.2 Å². The van der Waals surface area contributed by atoms with E-state index in [9.17, 15) is 4.79 Å². The quantitative estimate of drug-likeness (QED) is 0.290. The number of terminal acetylenes is 1. The lowest BCUT2D eigenvalue weighted by atomic mass is 10.6. The van der Waals surface area contributed by atoms with Crippen molar-refractivity contribution in [3.8, 4) is 12.3 Å². The smallest absolute Gasteiger partial charge is 0.384 e. The van der Waals surface area contributed by atoms with Gasteiger partial charge < -0.3 is 9.47 Å². The van der Waals surface area contributed by atoms with Crippen molar-refractivity contribution in [2.75, 3.05) is 13.2 Å². The maximum Gasteiger partial charge on any atom is 0.384 e. The van der Waals surface area contributed by atoms with Crippen LogP contribution in [-0.2, 0) is 14.3 Å². The van der Waals surface area contributed by atoms with Crippen molar-refractivity contribution < 1.29 is 14.3 Å². The van der Waals surface area contributed by atoms with Crippen LogP contribution in [0.1, 0.15) is 20.8 Å². The van der Waals surface area contributed by atoms with E-state index in [4.69, 9.17) is 4.74 Å². The number of hydrogen-bond acceptors (Lipinski definition) is 3. The first-order valence-electron chi connectivity index (χ1n) is 4.00. The van der Waals surface area contributed by atoms with E-state index in [0.29, 0.717) is 6.61 Å². The van der Waals surface area contributed by atoms with Crippen LogP contribution in [0.3, 0.4) is 0 Å². The van der Waals surface area contributed by atoms with Gasteiger partial charge in [-0.2, -0.15) is 0 Å². The molecule has 0 aliphatic heterocycles. The van der Waals surface area contributed by atoms with Crippen LogP contribution >= 0.6 is 0 Å². The zero-order valence-electron chi connectivity index (χ0n) is 8.42. The van der Waals surface area contributed by atoms with Crippen LogP contribution in [0.2, 0.25) is 0 Å². The van der Waals surface area contributed by atoms with Crippen LogP contribution in [0.5, 0.6) is 0 Å². The number of carbonyl (C=O) groups excluding carboxylic acids is 1. The van der Waals surface area contributed by atoms with E-state index in [-0.39, 0.29) is 0 Å². The molecule has 0 aromatic rings. The van der Waals surface area contributed by atoms with Crippen molar-refractivity contribution in [3.05, 3.63) is 12.3 Å². The summed E-state index contributed by atoms with van der Waals surface area (Å²) < 4.78 is 9.16. The SMILES string of the molecule is C#CC(=O)OCC.C=C(C)OCC. The van der Waals surface area contributed by atoms with Crippen molar-refractivity contribution in [3.63, 3.8) is 0 Å². The van der Waals surface area contributed by atoms with E-state index in [1.54, 1.807) is 12.8 Å². The Labute approximate surface area is 79.7 Å². The highest BCUT2D eigenvalue weighted by Gasteiger charge is 1.87. The summed E-state index contributed by atoms with van der Waals surface area (Å²) in [5.74, 6) is 2.00. The molecule has 3 heteroatoms. The summed E-state index contributed by atoms with van der Waals surface area (Å²) in [5, 5.41) is 0. The van der Waals surface area contributed by atoms with Crippen molar-refractivity contribution in [2.24, 2.45) is 0 Å². The Kier molecular flexibility index (Phi) is 11.5. The van der Waals surface area contributed by atoms with Crippen molar-refractivity contribution in [1.82, 2.24) is 0 Å². The third-order valence-electron chi connectivity index (χ3n) is 0.784. The van der Waals surface area contributed by atoms with Crippen LogP contribution in [0.4, 0.5) is 0 Å². The molecule has 0 heterocycles. The van der Waals surface area contributed by atoms with Gasteiger partial charge in [0, 0.05) is 5.92 Å². The minimum atomic E-state index is -0.595. The molecule has 0 unspecified atom stereocenters. The first-order valence-corrected chi connectivity index (χ1v) is 4.00. The molecule has 0 aliphatic rings. The van der Waals surface area contributed by atoms with Gasteiger partial charge in [-0.15, -0.1) is 6.42 Å². The van der Waals surface area contributed by atoms with Crippen LogP contribution in [0, 0.1) is 12.3 Å². The molecule has 0 aliphatic carbocycles. The molecular formula is C10H16O3. The Morgan fingerprint density at radius 1 is 1.38 bits per heavy atom. The highest BCUT2D eigenvalue weighted by atomic mass is 16.5. The molecule has 0 aromatic carbocycles. The summed E-state index contributed by atoms with van der Waals surface area (Å²) >= 11 is 0. The Bertz CT molecular complexity index is 189. The number of hydrogen-bond donors (Lipinski definition) is 0. The fraction of sp³-hybridized carbons (Fsp3) is 0.500. The number of ether oxygens (including phenoxy) is 2. The van der Waals surface area contributed by atoms with Gasteiger partial charge in [0.25, 0.3) is 0 Å². The second-order valence-electron chi connectivity index (χ2n) is 2.00. The zero-order chi connectivity index (χ0) is 10.7. The van der Waals surface area contributed by atoms with E-state index < -0.39 is 5.97 Å². The standard InChI is InChI=1S/C5H6O2.C5H10O/c1-3-5(6)7-4-2;1-4-6-5(2)3/h1H,4H2,2H3;2,4H2,1,3H3. The maximum atomic E-state index is 9.95. The van der Waals surface area contributed by atoms with Gasteiger partial charge >= 0.3 is 5.97 Å². The van der Waals surface area contributed by atoms with Gasteiger partial charge in [0.15, 0.2) is 0 Å². The summed E-state index contributed by atoms with van der Waals surface area (Å²) in [5.41, 5.74) is 0. The third-order valence-corrected chi connectivity index (χ3v) is 0.784. The van der Waals surface area contributed by atoms with Crippen molar-refractivity contribution in [2.45, 2.75) is 20.8 Å². The highest BCUT2D eigenvalue weighted by molar-refractivity contribution is 5.87. The molecule has 3 nitrogen and oxygen atoms in total.